The summed E-state index contributed by atoms with van der Waals surface area (Å²) in [5.41, 5.74) is -0.757. The number of alkyl halides is 6. The Morgan fingerprint density at radius 2 is 1.55 bits per heavy atom. The van der Waals surface area contributed by atoms with Crippen LogP contribution in [0.3, 0.4) is 0 Å². The van der Waals surface area contributed by atoms with Crippen LogP contribution in [-0.4, -0.2) is 50.1 Å². The highest BCUT2D eigenvalue weighted by atomic mass is 19.4. The third-order valence-electron chi connectivity index (χ3n) is 3.61. The average molecular weight is 449 g/mol. The van der Waals surface area contributed by atoms with Gasteiger partial charge in [-0.2, -0.15) is 46.3 Å². The lowest BCUT2D eigenvalue weighted by atomic mass is 10.3. The van der Waals surface area contributed by atoms with Gasteiger partial charge < -0.3 is 9.47 Å². The van der Waals surface area contributed by atoms with Crippen LogP contribution < -0.4 is 15.0 Å². The number of ether oxygens (including phenoxy) is 2. The minimum Gasteiger partial charge on any atom is -0.484 e. The van der Waals surface area contributed by atoms with Gasteiger partial charge in [-0.05, 0) is 24.3 Å². The summed E-state index contributed by atoms with van der Waals surface area (Å²) in [6.07, 6.45) is -8.00. The molecule has 0 aliphatic heterocycles. The molecule has 0 radical (unpaired) electrons. The quantitative estimate of drug-likeness (QED) is 0.539. The number of rotatable bonds is 6. The summed E-state index contributed by atoms with van der Waals surface area (Å²) >= 11 is 0. The molecule has 0 N–H and O–H groups in total. The van der Waals surface area contributed by atoms with E-state index in [1.165, 1.54) is 30.2 Å². The zero-order chi connectivity index (χ0) is 22.8. The maximum atomic E-state index is 12.7. The van der Waals surface area contributed by atoms with Gasteiger partial charge in [0.05, 0.1) is 11.9 Å². The molecule has 1 aromatic carbocycles. The van der Waals surface area contributed by atoms with E-state index in [0.29, 0.717) is 0 Å². The fourth-order valence-corrected chi connectivity index (χ4v) is 2.39. The monoisotopic (exact) mass is 449 g/mol. The second-order valence-corrected chi connectivity index (χ2v) is 6.12. The van der Waals surface area contributed by atoms with Gasteiger partial charge in [-0.3, -0.25) is 4.79 Å². The maximum Gasteiger partial charge on any atom is 0.422 e. The van der Waals surface area contributed by atoms with Gasteiger partial charge in [0.15, 0.2) is 13.2 Å². The Balaban J connectivity index is 1.98. The summed E-state index contributed by atoms with van der Waals surface area (Å²) in [6, 6.07) is 4.93. The van der Waals surface area contributed by atoms with E-state index in [1.54, 1.807) is 0 Å². The van der Waals surface area contributed by atoms with Crippen molar-refractivity contribution in [2.75, 3.05) is 13.2 Å². The van der Waals surface area contributed by atoms with Gasteiger partial charge in [0.25, 0.3) is 5.56 Å². The topological polar surface area (TPSA) is 84.1 Å². The molecule has 0 aliphatic rings. The molecule has 0 atom stereocenters. The molecule has 3 aromatic rings. The van der Waals surface area contributed by atoms with Crippen molar-refractivity contribution in [1.29, 1.82) is 0 Å². The molecule has 31 heavy (non-hydrogen) atoms. The Morgan fingerprint density at radius 3 is 2.10 bits per heavy atom. The molecule has 14 heteroatoms. The molecular formula is C17H13F6N5O3. The third-order valence-corrected chi connectivity index (χ3v) is 3.61. The zero-order valence-electron chi connectivity index (χ0n) is 15.6. The molecule has 2 heterocycles. The summed E-state index contributed by atoms with van der Waals surface area (Å²) in [7, 11) is 1.49. The highest BCUT2D eigenvalue weighted by molar-refractivity contribution is 5.53. The Labute approximate surface area is 169 Å². The van der Waals surface area contributed by atoms with Gasteiger partial charge in [0.1, 0.15) is 17.1 Å². The van der Waals surface area contributed by atoms with E-state index in [2.05, 4.69) is 19.9 Å². The lowest BCUT2D eigenvalue weighted by Crippen LogP contribution is -2.26. The minimum atomic E-state index is -4.71. The maximum absolute atomic E-state index is 12.7. The van der Waals surface area contributed by atoms with E-state index in [-0.39, 0.29) is 22.8 Å². The van der Waals surface area contributed by atoms with Crippen LogP contribution in [0.25, 0.3) is 17.1 Å². The molecule has 0 saturated heterocycles. The van der Waals surface area contributed by atoms with Gasteiger partial charge in [-0.25, -0.2) is 4.57 Å². The Kier molecular flexibility index (Phi) is 5.90. The second kappa shape index (κ2) is 8.28. The van der Waals surface area contributed by atoms with Crippen molar-refractivity contribution in [3.63, 3.8) is 0 Å². The number of halogens is 6. The second-order valence-electron chi connectivity index (χ2n) is 6.12. The van der Waals surface area contributed by atoms with E-state index in [0.717, 1.165) is 22.8 Å². The van der Waals surface area contributed by atoms with Crippen molar-refractivity contribution >= 4 is 0 Å². The van der Waals surface area contributed by atoms with Crippen LogP contribution in [0.1, 0.15) is 0 Å². The number of hydrogen-bond donors (Lipinski definition) is 0. The van der Waals surface area contributed by atoms with Crippen LogP contribution in [0.4, 0.5) is 26.3 Å². The largest absolute Gasteiger partial charge is 0.484 e. The van der Waals surface area contributed by atoms with Crippen molar-refractivity contribution < 1.29 is 35.8 Å². The predicted molar refractivity (Wildman–Crippen MR) is 92.9 cm³/mol. The van der Waals surface area contributed by atoms with E-state index < -0.39 is 37.1 Å². The van der Waals surface area contributed by atoms with Crippen LogP contribution in [0.5, 0.6) is 11.8 Å². The first-order chi connectivity index (χ1) is 14.4. The molecule has 0 amide bonds. The molecule has 0 spiro atoms. The average Bonchev–Trinajstić information content (AvgIpc) is 3.10. The molecule has 0 saturated carbocycles. The summed E-state index contributed by atoms with van der Waals surface area (Å²) in [5, 5.41) is 7.74. The van der Waals surface area contributed by atoms with Crippen molar-refractivity contribution in [3.8, 4) is 28.8 Å². The molecule has 8 nitrogen and oxygen atoms in total. The molecule has 0 bridgehead atoms. The van der Waals surface area contributed by atoms with Crippen LogP contribution >= 0.6 is 0 Å². The van der Waals surface area contributed by atoms with Gasteiger partial charge in [0, 0.05) is 13.1 Å². The zero-order valence-corrected chi connectivity index (χ0v) is 15.6. The van der Waals surface area contributed by atoms with Crippen LogP contribution in [0.2, 0.25) is 0 Å². The normalized spacial score (nSPS) is 12.1. The molecule has 3 rings (SSSR count). The van der Waals surface area contributed by atoms with Gasteiger partial charge in [-0.1, -0.05) is 0 Å². The standard InChI is InChI=1S/C17H13F6N5O3/c1-27-24-7-13(26-27)12-6-14(29)28(15(25-12)31-9-17(21,22)23)10-2-4-11(5-3-10)30-8-16(18,19)20/h2-7H,8-9H2,1H3. The Hall–Kier alpha value is -3.58. The summed E-state index contributed by atoms with van der Waals surface area (Å²) < 4.78 is 84.8. The van der Waals surface area contributed by atoms with Crippen molar-refractivity contribution in [1.82, 2.24) is 24.5 Å². The molecule has 2 aromatic heterocycles. The smallest absolute Gasteiger partial charge is 0.422 e. The first-order valence-corrected chi connectivity index (χ1v) is 8.42. The summed E-state index contributed by atoms with van der Waals surface area (Å²) in [4.78, 5) is 17.7. The minimum absolute atomic E-state index is 0.000251. The lowest BCUT2D eigenvalue weighted by molar-refractivity contribution is -0.155. The van der Waals surface area contributed by atoms with Gasteiger partial charge >= 0.3 is 18.4 Å². The third kappa shape index (κ3) is 5.96. The fourth-order valence-electron chi connectivity index (χ4n) is 2.39. The number of aryl methyl sites for hydroxylation is 1. The number of nitrogens with zero attached hydrogens (tertiary/aromatic N) is 5. The van der Waals surface area contributed by atoms with Crippen molar-refractivity contribution in [2.45, 2.75) is 12.4 Å². The van der Waals surface area contributed by atoms with Crippen LogP contribution in [-0.2, 0) is 7.05 Å². The first kappa shape index (κ1) is 22.1. The number of benzene rings is 1. The van der Waals surface area contributed by atoms with Gasteiger partial charge in [0.2, 0.25) is 0 Å². The number of aromatic nitrogens is 5. The highest BCUT2D eigenvalue weighted by Crippen LogP contribution is 2.24. The van der Waals surface area contributed by atoms with Gasteiger partial charge in [-0.15, -0.1) is 0 Å². The lowest BCUT2D eigenvalue weighted by Gasteiger charge is -2.15. The number of hydrogen-bond acceptors (Lipinski definition) is 6. The predicted octanol–water partition coefficient (Wildman–Crippen LogP) is 2.91. The van der Waals surface area contributed by atoms with Crippen molar-refractivity contribution in [3.05, 3.63) is 46.9 Å². The summed E-state index contributed by atoms with van der Waals surface area (Å²) in [6.45, 7) is -3.25. The Bertz CT molecular complexity index is 1110. The van der Waals surface area contributed by atoms with Crippen LogP contribution in [0, 0.1) is 0 Å². The van der Waals surface area contributed by atoms with Crippen LogP contribution in [0.15, 0.2) is 41.3 Å². The molecule has 0 unspecified atom stereocenters. The molecule has 0 fully saturated rings. The molecule has 0 aliphatic carbocycles. The molecular weight excluding hydrogens is 436 g/mol. The van der Waals surface area contributed by atoms with Crippen molar-refractivity contribution in [2.24, 2.45) is 7.05 Å². The van der Waals surface area contributed by atoms with E-state index in [4.69, 9.17) is 4.74 Å². The molecule has 166 valence electrons. The van der Waals surface area contributed by atoms with E-state index in [1.807, 2.05) is 0 Å². The summed E-state index contributed by atoms with van der Waals surface area (Å²) in [5.74, 6) is -0.156. The SMILES string of the molecule is Cn1ncc(-c2cc(=O)n(-c3ccc(OCC(F)(F)F)cc3)c(OCC(F)(F)F)n2)n1. The fraction of sp³-hybridized carbons (Fsp3) is 0.294. The highest BCUT2D eigenvalue weighted by Gasteiger charge is 2.30. The Morgan fingerprint density at radius 1 is 0.935 bits per heavy atom. The first-order valence-electron chi connectivity index (χ1n) is 8.42. The van der Waals surface area contributed by atoms with E-state index >= 15 is 0 Å². The van der Waals surface area contributed by atoms with E-state index in [9.17, 15) is 31.1 Å².